The number of rotatable bonds is 5. The van der Waals surface area contributed by atoms with E-state index in [1.165, 1.54) is 11.1 Å². The maximum atomic E-state index is 11.4. The van der Waals surface area contributed by atoms with Crippen LogP contribution in [0.25, 0.3) is 0 Å². The minimum atomic E-state index is 0.0999. The molecule has 1 aromatic carbocycles. The summed E-state index contributed by atoms with van der Waals surface area (Å²) in [5.41, 5.74) is 2.37. The normalized spacial score (nSPS) is 10.6. The summed E-state index contributed by atoms with van der Waals surface area (Å²) in [4.78, 5) is 11.4. The van der Waals surface area contributed by atoms with Crippen LogP contribution >= 0.6 is 0 Å². The fourth-order valence-corrected chi connectivity index (χ4v) is 1.57. The van der Waals surface area contributed by atoms with Gasteiger partial charge in [-0.2, -0.15) is 0 Å². The van der Waals surface area contributed by atoms with Crippen molar-refractivity contribution in [2.24, 2.45) is 5.92 Å². The molecule has 0 aliphatic heterocycles. The van der Waals surface area contributed by atoms with Gasteiger partial charge in [-0.1, -0.05) is 19.9 Å². The van der Waals surface area contributed by atoms with E-state index < -0.39 is 0 Å². The molecule has 0 aliphatic carbocycles. The second-order valence-corrected chi connectivity index (χ2v) is 4.54. The van der Waals surface area contributed by atoms with Crippen molar-refractivity contribution in [3.63, 3.8) is 0 Å². The van der Waals surface area contributed by atoms with Crippen molar-refractivity contribution < 1.29 is 9.53 Å². The molecular weight excluding hydrogens is 200 g/mol. The monoisotopic (exact) mass is 220 g/mol. The number of carbonyl (C=O) groups excluding carboxylic acids is 1. The first kappa shape index (κ1) is 12.8. The zero-order chi connectivity index (χ0) is 12.1. The van der Waals surface area contributed by atoms with Crippen LogP contribution in [0.5, 0.6) is 5.75 Å². The maximum absolute atomic E-state index is 11.4. The number of ether oxygens (including phenoxy) is 1. The second kappa shape index (κ2) is 5.69. The molecular formula is C14H20O2. The van der Waals surface area contributed by atoms with Gasteiger partial charge in [0.05, 0.1) is 6.61 Å². The molecule has 0 saturated carbocycles. The molecule has 0 bridgehead atoms. The summed E-state index contributed by atoms with van der Waals surface area (Å²) in [7, 11) is 0. The van der Waals surface area contributed by atoms with Crippen LogP contribution in [0.15, 0.2) is 18.2 Å². The van der Waals surface area contributed by atoms with Gasteiger partial charge in [-0.15, -0.1) is 0 Å². The van der Waals surface area contributed by atoms with Gasteiger partial charge in [-0.05, 0) is 37.1 Å². The number of hydrogen-bond donors (Lipinski definition) is 0. The Balaban J connectivity index is 2.46. The number of benzene rings is 1. The van der Waals surface area contributed by atoms with Gasteiger partial charge in [0.15, 0.2) is 0 Å². The molecule has 88 valence electrons. The highest BCUT2D eigenvalue weighted by Gasteiger charge is 2.07. The molecule has 0 aliphatic rings. The molecule has 0 aromatic heterocycles. The van der Waals surface area contributed by atoms with Crippen molar-refractivity contribution in [1.82, 2.24) is 0 Å². The summed E-state index contributed by atoms with van der Waals surface area (Å²) in [5.74, 6) is 1.21. The van der Waals surface area contributed by atoms with Crippen LogP contribution < -0.4 is 4.74 Å². The first-order valence-corrected chi connectivity index (χ1v) is 5.73. The largest absolute Gasteiger partial charge is 0.493 e. The Morgan fingerprint density at radius 3 is 2.25 bits per heavy atom. The summed E-state index contributed by atoms with van der Waals surface area (Å²) < 4.78 is 5.57. The van der Waals surface area contributed by atoms with E-state index in [0.717, 1.165) is 5.75 Å². The van der Waals surface area contributed by atoms with Crippen molar-refractivity contribution in [3.05, 3.63) is 29.3 Å². The Hall–Kier alpha value is -1.31. The zero-order valence-electron chi connectivity index (χ0n) is 10.5. The number of ketones is 1. The molecule has 1 rings (SSSR count). The van der Waals surface area contributed by atoms with Gasteiger partial charge in [-0.3, -0.25) is 4.79 Å². The SMILES string of the molecule is Cc1cc(C)cc(OCCC(=O)C(C)C)c1. The van der Waals surface area contributed by atoms with Crippen LogP contribution in [0.1, 0.15) is 31.4 Å². The lowest BCUT2D eigenvalue weighted by Gasteiger charge is -2.08. The predicted octanol–water partition coefficient (Wildman–Crippen LogP) is 3.30. The topological polar surface area (TPSA) is 26.3 Å². The summed E-state index contributed by atoms with van der Waals surface area (Å²) >= 11 is 0. The highest BCUT2D eigenvalue weighted by atomic mass is 16.5. The van der Waals surface area contributed by atoms with Gasteiger partial charge >= 0.3 is 0 Å². The molecule has 0 amide bonds. The van der Waals surface area contributed by atoms with E-state index in [4.69, 9.17) is 4.74 Å². The molecule has 0 saturated heterocycles. The second-order valence-electron chi connectivity index (χ2n) is 4.54. The number of hydrogen-bond acceptors (Lipinski definition) is 2. The summed E-state index contributed by atoms with van der Waals surface area (Å²) in [6, 6.07) is 6.09. The van der Waals surface area contributed by atoms with E-state index in [0.29, 0.717) is 13.0 Å². The molecule has 0 fully saturated rings. The average molecular weight is 220 g/mol. The van der Waals surface area contributed by atoms with Crippen LogP contribution in [-0.4, -0.2) is 12.4 Å². The summed E-state index contributed by atoms with van der Waals surface area (Å²) in [6.45, 7) is 8.39. The van der Waals surface area contributed by atoms with E-state index in [1.807, 2.05) is 39.8 Å². The standard InChI is InChI=1S/C14H20O2/c1-10(2)14(15)5-6-16-13-8-11(3)7-12(4)9-13/h7-10H,5-6H2,1-4H3. The third-order valence-electron chi connectivity index (χ3n) is 2.46. The first-order valence-electron chi connectivity index (χ1n) is 5.73. The summed E-state index contributed by atoms with van der Waals surface area (Å²) in [5, 5.41) is 0. The molecule has 0 radical (unpaired) electrons. The molecule has 0 unspecified atom stereocenters. The Bertz CT molecular complexity index is 347. The van der Waals surface area contributed by atoms with Crippen molar-refractivity contribution in [2.45, 2.75) is 34.1 Å². The fraction of sp³-hybridized carbons (Fsp3) is 0.500. The van der Waals surface area contributed by atoms with Gasteiger partial charge in [0.2, 0.25) is 0 Å². The Labute approximate surface area is 97.6 Å². The molecule has 0 heterocycles. The molecule has 0 spiro atoms. The Morgan fingerprint density at radius 2 is 1.75 bits per heavy atom. The van der Waals surface area contributed by atoms with Gasteiger partial charge < -0.3 is 4.74 Å². The van der Waals surface area contributed by atoms with E-state index in [9.17, 15) is 4.79 Å². The Kier molecular flexibility index (Phi) is 4.53. The minimum absolute atomic E-state index is 0.0999. The van der Waals surface area contributed by atoms with E-state index in [2.05, 4.69) is 6.07 Å². The molecule has 0 atom stereocenters. The third kappa shape index (κ3) is 4.05. The molecule has 2 heteroatoms. The van der Waals surface area contributed by atoms with E-state index in [-0.39, 0.29) is 11.7 Å². The number of carbonyl (C=O) groups is 1. The molecule has 2 nitrogen and oxygen atoms in total. The highest BCUT2D eigenvalue weighted by molar-refractivity contribution is 5.80. The lowest BCUT2D eigenvalue weighted by Crippen LogP contribution is -2.11. The van der Waals surface area contributed by atoms with Crippen molar-refractivity contribution in [1.29, 1.82) is 0 Å². The van der Waals surface area contributed by atoms with Gasteiger partial charge in [0.1, 0.15) is 11.5 Å². The predicted molar refractivity (Wildman–Crippen MR) is 65.9 cm³/mol. The summed E-state index contributed by atoms with van der Waals surface area (Å²) in [6.07, 6.45) is 0.491. The first-order chi connectivity index (χ1) is 7.49. The van der Waals surface area contributed by atoms with Crippen LogP contribution in [0.4, 0.5) is 0 Å². The highest BCUT2D eigenvalue weighted by Crippen LogP contribution is 2.16. The quantitative estimate of drug-likeness (QED) is 0.761. The smallest absolute Gasteiger partial charge is 0.138 e. The number of Topliss-reactive ketones (excluding diaryl/α,β-unsaturated/α-hetero) is 1. The van der Waals surface area contributed by atoms with Crippen LogP contribution in [0.2, 0.25) is 0 Å². The lowest BCUT2D eigenvalue weighted by atomic mass is 10.1. The maximum Gasteiger partial charge on any atom is 0.138 e. The van der Waals surface area contributed by atoms with Crippen molar-refractivity contribution in [3.8, 4) is 5.75 Å². The van der Waals surface area contributed by atoms with Crippen LogP contribution in [0.3, 0.4) is 0 Å². The zero-order valence-corrected chi connectivity index (χ0v) is 10.5. The van der Waals surface area contributed by atoms with Crippen LogP contribution in [-0.2, 0) is 4.79 Å². The molecule has 16 heavy (non-hydrogen) atoms. The fourth-order valence-electron chi connectivity index (χ4n) is 1.57. The van der Waals surface area contributed by atoms with Crippen LogP contribution in [0, 0.1) is 19.8 Å². The van der Waals surface area contributed by atoms with Gasteiger partial charge in [0, 0.05) is 12.3 Å². The van der Waals surface area contributed by atoms with Crippen molar-refractivity contribution >= 4 is 5.78 Å². The average Bonchev–Trinajstić information content (AvgIpc) is 2.15. The Morgan fingerprint density at radius 1 is 1.19 bits per heavy atom. The minimum Gasteiger partial charge on any atom is -0.493 e. The lowest BCUT2D eigenvalue weighted by molar-refractivity contribution is -0.122. The number of aryl methyl sites for hydroxylation is 2. The van der Waals surface area contributed by atoms with Gasteiger partial charge in [0.25, 0.3) is 0 Å². The third-order valence-corrected chi connectivity index (χ3v) is 2.46. The molecule has 1 aromatic rings. The van der Waals surface area contributed by atoms with Gasteiger partial charge in [-0.25, -0.2) is 0 Å². The van der Waals surface area contributed by atoms with Crippen molar-refractivity contribution in [2.75, 3.05) is 6.61 Å². The van der Waals surface area contributed by atoms with E-state index >= 15 is 0 Å². The molecule has 0 N–H and O–H groups in total. The van der Waals surface area contributed by atoms with E-state index in [1.54, 1.807) is 0 Å².